The molecule has 0 radical (unpaired) electrons. The molecule has 1 heterocycles. The highest BCUT2D eigenvalue weighted by Crippen LogP contribution is 2.42. The van der Waals surface area contributed by atoms with E-state index in [1.54, 1.807) is 0 Å². The average molecular weight is 196 g/mol. The van der Waals surface area contributed by atoms with Crippen molar-refractivity contribution >= 4 is 11.8 Å². The van der Waals surface area contributed by atoms with Gasteiger partial charge >= 0.3 is 0 Å². The minimum Gasteiger partial charge on any atom is -0.369 e. The third-order valence-corrected chi connectivity index (χ3v) is 3.30. The van der Waals surface area contributed by atoms with Gasteiger partial charge in [-0.1, -0.05) is 0 Å². The minimum absolute atomic E-state index is 0.0909. The fraction of sp³-hybridized carbons (Fsp3) is 0.800. The van der Waals surface area contributed by atoms with E-state index in [0.717, 1.165) is 12.8 Å². The summed E-state index contributed by atoms with van der Waals surface area (Å²) in [5.74, 6) is 0.0632. The van der Waals surface area contributed by atoms with E-state index >= 15 is 0 Å². The molecule has 4 nitrogen and oxygen atoms in total. The van der Waals surface area contributed by atoms with Crippen molar-refractivity contribution in [1.82, 2.24) is 4.90 Å². The van der Waals surface area contributed by atoms with Crippen LogP contribution in [-0.4, -0.2) is 29.3 Å². The Morgan fingerprint density at radius 2 is 2.21 bits per heavy atom. The predicted molar refractivity (Wildman–Crippen MR) is 51.2 cm³/mol. The van der Waals surface area contributed by atoms with E-state index in [2.05, 4.69) is 0 Å². The van der Waals surface area contributed by atoms with Crippen molar-refractivity contribution < 1.29 is 9.59 Å². The molecule has 1 aliphatic carbocycles. The van der Waals surface area contributed by atoms with E-state index in [4.69, 9.17) is 5.73 Å². The van der Waals surface area contributed by atoms with E-state index in [9.17, 15) is 9.59 Å². The summed E-state index contributed by atoms with van der Waals surface area (Å²) in [5, 5.41) is 0. The summed E-state index contributed by atoms with van der Waals surface area (Å²) >= 11 is 0. The summed E-state index contributed by atoms with van der Waals surface area (Å²) in [5.41, 5.74) is 5.32. The maximum Gasteiger partial charge on any atom is 0.223 e. The zero-order valence-electron chi connectivity index (χ0n) is 8.40. The van der Waals surface area contributed by atoms with Crippen LogP contribution in [0.4, 0.5) is 0 Å². The van der Waals surface area contributed by atoms with Crippen molar-refractivity contribution in [3.05, 3.63) is 0 Å². The van der Waals surface area contributed by atoms with Gasteiger partial charge in [0.2, 0.25) is 11.8 Å². The molecule has 0 bridgehead atoms. The SMILES string of the molecule is CCN1C(=O)CC(C(N)=O)C1C1CC1. The zero-order chi connectivity index (χ0) is 10.3. The number of hydrogen-bond donors (Lipinski definition) is 1. The monoisotopic (exact) mass is 196 g/mol. The summed E-state index contributed by atoms with van der Waals surface area (Å²) in [7, 11) is 0. The van der Waals surface area contributed by atoms with Gasteiger partial charge in [0, 0.05) is 19.0 Å². The van der Waals surface area contributed by atoms with Crippen LogP contribution in [0.25, 0.3) is 0 Å². The fourth-order valence-electron chi connectivity index (χ4n) is 2.49. The highest BCUT2D eigenvalue weighted by atomic mass is 16.2. The normalized spacial score (nSPS) is 32.4. The van der Waals surface area contributed by atoms with Crippen LogP contribution in [0.3, 0.4) is 0 Å². The Labute approximate surface area is 83.4 Å². The molecule has 2 atom stereocenters. The molecule has 2 fully saturated rings. The van der Waals surface area contributed by atoms with Crippen molar-refractivity contribution in [3.63, 3.8) is 0 Å². The highest BCUT2D eigenvalue weighted by Gasteiger charge is 2.49. The summed E-state index contributed by atoms with van der Waals surface area (Å²) in [6.07, 6.45) is 2.60. The Bertz CT molecular complexity index is 273. The lowest BCUT2D eigenvalue weighted by molar-refractivity contribution is -0.129. The third-order valence-electron chi connectivity index (χ3n) is 3.30. The lowest BCUT2D eigenvalue weighted by atomic mass is 9.96. The first kappa shape index (κ1) is 9.49. The molecule has 2 unspecified atom stereocenters. The van der Waals surface area contributed by atoms with Crippen molar-refractivity contribution in [3.8, 4) is 0 Å². The number of primary amides is 1. The van der Waals surface area contributed by atoms with E-state index in [1.807, 2.05) is 11.8 Å². The molecule has 4 heteroatoms. The number of amides is 2. The Morgan fingerprint density at radius 3 is 2.64 bits per heavy atom. The second-order valence-corrected chi connectivity index (χ2v) is 4.22. The molecular formula is C10H16N2O2. The van der Waals surface area contributed by atoms with Gasteiger partial charge in [0.15, 0.2) is 0 Å². The number of carbonyl (C=O) groups is 2. The molecule has 0 aromatic heterocycles. The van der Waals surface area contributed by atoms with Crippen LogP contribution in [0.1, 0.15) is 26.2 Å². The van der Waals surface area contributed by atoms with Gasteiger partial charge in [0.1, 0.15) is 0 Å². The third kappa shape index (κ3) is 1.38. The van der Waals surface area contributed by atoms with Crippen molar-refractivity contribution in [2.75, 3.05) is 6.54 Å². The van der Waals surface area contributed by atoms with E-state index < -0.39 is 0 Å². The van der Waals surface area contributed by atoms with Gasteiger partial charge in [-0.15, -0.1) is 0 Å². The van der Waals surface area contributed by atoms with Crippen LogP contribution in [0.2, 0.25) is 0 Å². The smallest absolute Gasteiger partial charge is 0.223 e. The van der Waals surface area contributed by atoms with Gasteiger partial charge in [0.05, 0.1) is 5.92 Å². The predicted octanol–water partition coefficient (Wildman–Crippen LogP) is 0.119. The summed E-state index contributed by atoms with van der Waals surface area (Å²) in [6.45, 7) is 2.65. The van der Waals surface area contributed by atoms with Crippen LogP contribution in [0.5, 0.6) is 0 Å². The molecule has 1 saturated heterocycles. The first-order valence-corrected chi connectivity index (χ1v) is 5.24. The van der Waals surface area contributed by atoms with Crippen LogP contribution in [0, 0.1) is 11.8 Å². The summed E-state index contributed by atoms with van der Waals surface area (Å²) < 4.78 is 0. The van der Waals surface area contributed by atoms with Crippen LogP contribution in [-0.2, 0) is 9.59 Å². The van der Waals surface area contributed by atoms with Gasteiger partial charge in [-0.25, -0.2) is 0 Å². The fourth-order valence-corrected chi connectivity index (χ4v) is 2.49. The summed E-state index contributed by atoms with van der Waals surface area (Å²) in [4.78, 5) is 24.6. The Hall–Kier alpha value is -1.06. The molecule has 14 heavy (non-hydrogen) atoms. The Morgan fingerprint density at radius 1 is 1.57 bits per heavy atom. The standard InChI is InChI=1S/C10H16N2O2/c1-2-12-8(13)5-7(10(11)14)9(12)6-3-4-6/h6-7,9H,2-5H2,1H3,(H2,11,14). The average Bonchev–Trinajstić information content (AvgIpc) is 2.89. The van der Waals surface area contributed by atoms with Crippen molar-refractivity contribution in [2.24, 2.45) is 17.6 Å². The Kier molecular flexibility index (Phi) is 2.21. The molecule has 78 valence electrons. The number of rotatable bonds is 3. The second-order valence-electron chi connectivity index (χ2n) is 4.22. The van der Waals surface area contributed by atoms with Crippen LogP contribution >= 0.6 is 0 Å². The number of nitrogens with zero attached hydrogens (tertiary/aromatic N) is 1. The molecule has 2 amide bonds. The largest absolute Gasteiger partial charge is 0.369 e. The molecule has 1 aliphatic heterocycles. The Balaban J connectivity index is 2.19. The first-order chi connectivity index (χ1) is 6.65. The number of likely N-dealkylation sites (tertiary alicyclic amines) is 1. The van der Waals surface area contributed by atoms with E-state index in [-0.39, 0.29) is 23.8 Å². The van der Waals surface area contributed by atoms with Crippen molar-refractivity contribution in [1.29, 1.82) is 0 Å². The first-order valence-electron chi connectivity index (χ1n) is 5.24. The minimum atomic E-state index is -0.314. The zero-order valence-corrected chi connectivity index (χ0v) is 8.40. The molecule has 0 aromatic carbocycles. The van der Waals surface area contributed by atoms with Gasteiger partial charge < -0.3 is 10.6 Å². The number of carbonyl (C=O) groups excluding carboxylic acids is 2. The molecule has 0 spiro atoms. The maximum atomic E-state index is 11.6. The molecule has 0 aromatic rings. The van der Waals surface area contributed by atoms with Crippen LogP contribution < -0.4 is 5.73 Å². The highest BCUT2D eigenvalue weighted by molar-refractivity contribution is 5.89. The summed E-state index contributed by atoms with van der Waals surface area (Å²) in [6, 6.07) is 0.102. The van der Waals surface area contributed by atoms with Gasteiger partial charge in [0.25, 0.3) is 0 Å². The number of nitrogens with two attached hydrogens (primary N) is 1. The number of hydrogen-bond acceptors (Lipinski definition) is 2. The van der Waals surface area contributed by atoms with E-state index in [1.165, 1.54) is 0 Å². The van der Waals surface area contributed by atoms with Gasteiger partial charge in [-0.3, -0.25) is 9.59 Å². The van der Waals surface area contributed by atoms with Gasteiger partial charge in [-0.2, -0.15) is 0 Å². The quantitative estimate of drug-likeness (QED) is 0.696. The van der Waals surface area contributed by atoms with E-state index in [0.29, 0.717) is 18.9 Å². The molecule has 1 saturated carbocycles. The van der Waals surface area contributed by atoms with Gasteiger partial charge in [-0.05, 0) is 25.7 Å². The van der Waals surface area contributed by atoms with Crippen molar-refractivity contribution in [2.45, 2.75) is 32.2 Å². The lowest BCUT2D eigenvalue weighted by Gasteiger charge is -2.25. The maximum absolute atomic E-state index is 11.6. The topological polar surface area (TPSA) is 63.4 Å². The molecule has 2 aliphatic rings. The lowest BCUT2D eigenvalue weighted by Crippen LogP contribution is -2.40. The molecule has 2 rings (SSSR count). The van der Waals surface area contributed by atoms with Crippen LogP contribution in [0.15, 0.2) is 0 Å². The molecular weight excluding hydrogens is 180 g/mol. The second kappa shape index (κ2) is 3.26. The molecule has 2 N–H and O–H groups in total.